The zero-order chi connectivity index (χ0) is 102. The van der Waals surface area contributed by atoms with E-state index in [1.54, 1.807) is 68.6 Å². The van der Waals surface area contributed by atoms with E-state index in [9.17, 15) is 78.3 Å². The number of aromatic amines is 2. The first-order chi connectivity index (χ1) is 66.0. The average Bonchev–Trinajstić information content (AvgIpc) is 1.63. The number of H-pyrrole nitrogens is 2. The minimum Gasteiger partial charge on any atom is -0.508 e. The molecule has 16 atom stereocenters. The number of para-hydroxylation sites is 2. The number of nitrogens with two attached hydrogens (primary N) is 2. The quantitative estimate of drug-likeness (QED) is 0.0260. The van der Waals surface area contributed by atoms with Crippen molar-refractivity contribution < 1.29 is 117 Å². The molecule has 0 spiro atoms. The summed E-state index contributed by atoms with van der Waals surface area (Å²) in [4.78, 5) is 291. The maximum atomic E-state index is 16.1. The molecule has 3 aromatic carbocycles. The Labute approximate surface area is 805 Å². The number of carboxylic acids is 2. The van der Waals surface area contributed by atoms with Crippen LogP contribution in [-0.2, 0) is 117 Å². The van der Waals surface area contributed by atoms with E-state index >= 15 is 38.4 Å². The molecule has 0 aliphatic carbocycles. The van der Waals surface area contributed by atoms with Crippen molar-refractivity contribution in [1.29, 1.82) is 0 Å². The Hall–Kier alpha value is -14.1. The largest absolute Gasteiger partial charge is 0.508 e. The fraction of sp³-hybridized carbons (Fsp3) is 0.527. The molecule has 754 valence electrons. The summed E-state index contributed by atoms with van der Waals surface area (Å²) >= 11 is 0.758. The number of benzene rings is 3. The van der Waals surface area contributed by atoms with Crippen LogP contribution in [0.25, 0.3) is 21.8 Å². The first-order valence-corrected chi connectivity index (χ1v) is 47.3. The number of likely N-dealkylation sites (N-methyl/N-ethyl adjacent to an activating group) is 3. The molecule has 6 heterocycles. The lowest BCUT2D eigenvalue weighted by Crippen LogP contribution is -2.62. The molecule has 139 heavy (non-hydrogen) atoms. The second-order valence-corrected chi connectivity index (χ2v) is 36.7. The van der Waals surface area contributed by atoms with Crippen LogP contribution in [0.1, 0.15) is 153 Å². The number of aliphatic hydroxyl groups excluding tert-OH is 2. The van der Waals surface area contributed by atoms with Gasteiger partial charge in [-0.2, -0.15) is 0 Å². The fourth-order valence-electron chi connectivity index (χ4n) is 17.2. The lowest BCUT2D eigenvalue weighted by molar-refractivity contribution is -0.150. The van der Waals surface area contributed by atoms with Gasteiger partial charge < -0.3 is 129 Å². The number of nitrogens with zero attached hydrogens (tertiary/aromatic N) is 7. The van der Waals surface area contributed by atoms with Gasteiger partial charge in [-0.1, -0.05) is 109 Å². The highest BCUT2D eigenvalue weighted by Gasteiger charge is 2.48. The second kappa shape index (κ2) is 50.9. The zero-order valence-corrected chi connectivity index (χ0v) is 79.8. The van der Waals surface area contributed by atoms with Gasteiger partial charge in [-0.05, 0) is 92.3 Å². The van der Waals surface area contributed by atoms with Crippen molar-refractivity contribution in [2.45, 2.75) is 247 Å². The normalized spacial score (nSPS) is 24.6. The number of carboxylic acid groups (broad SMARTS) is 2. The van der Waals surface area contributed by atoms with Crippen molar-refractivity contribution in [3.8, 4) is 5.75 Å². The molecule has 3 fully saturated rings. The first kappa shape index (κ1) is 109. The highest BCUT2D eigenvalue weighted by atomic mass is 32.2. The summed E-state index contributed by atoms with van der Waals surface area (Å²) in [5, 5.41) is 80.4. The number of phenols is 1. The molecule has 46 heteroatoms. The number of imidazole rings is 1. The molecule has 0 unspecified atom stereocenters. The smallest absolute Gasteiger partial charge is 0.323 e. The summed E-state index contributed by atoms with van der Waals surface area (Å²) in [5.41, 5.74) is 13.3. The molecular formula is C93H127N21O24S. The Morgan fingerprint density at radius 2 is 1.18 bits per heavy atom. The first-order valence-electron chi connectivity index (χ1n) is 46.2. The molecule has 3 aliphatic heterocycles. The molecule has 21 N–H and O–H groups in total. The van der Waals surface area contributed by atoms with Crippen molar-refractivity contribution in [2.24, 2.45) is 17.4 Å². The fourth-order valence-corrected chi connectivity index (χ4v) is 18.1. The SMILES string of the molecule is CCCC[C@H]1C(=O)N(C)[C@@H](CCCC)C(=O)N[C@@H](CC(C)C)C(=O)N[C@H](C(=O)NCC(N)=O)CSCC(=O)N[C@@H](Cc2ccc(O)cc2)C(=O)N(C)[C@@H](C)C(=O)N[C@@H](CC(=O)O)C(=O)N2CCC[C@H]2C(=O)N[C@@H](Cc2c[nH]cn2)C(=O)N[C@@H](CCC(N)=O)C(=O)N2C[C@H](O)C[C@H]2C(=O)N[C@@H](Cc2c[nH]c3ccccc23)C(=O)N[C@@H](CO)C(=O)N[C@@H]([C@H](C)c2cn(CC(=O)O)c3ccccc23)C(=O)N1C. The van der Waals surface area contributed by atoms with Crippen molar-refractivity contribution in [3.63, 3.8) is 0 Å². The van der Waals surface area contributed by atoms with Crippen LogP contribution in [0.3, 0.4) is 0 Å². The monoisotopic (exact) mass is 1950 g/mol. The Balaban J connectivity index is 1.13. The summed E-state index contributed by atoms with van der Waals surface area (Å²) in [6.07, 6.45) is 1.55. The van der Waals surface area contributed by atoms with E-state index in [-0.39, 0.29) is 68.9 Å². The van der Waals surface area contributed by atoms with Crippen LogP contribution in [0.2, 0.25) is 0 Å². The van der Waals surface area contributed by atoms with Crippen LogP contribution in [0.15, 0.2) is 97.7 Å². The third kappa shape index (κ3) is 29.5. The van der Waals surface area contributed by atoms with Gasteiger partial charge in [0.05, 0.1) is 43.5 Å². The maximum absolute atomic E-state index is 16.1. The third-order valence-corrected chi connectivity index (χ3v) is 26.0. The van der Waals surface area contributed by atoms with Crippen LogP contribution in [-0.4, -0.2) is 331 Å². The van der Waals surface area contributed by atoms with Crippen LogP contribution in [0, 0.1) is 5.92 Å². The number of phenolic OH excluding ortho intramolecular Hbond substituents is 1. The number of aromatic hydroxyl groups is 1. The van der Waals surface area contributed by atoms with E-state index in [0.29, 0.717) is 57.8 Å². The van der Waals surface area contributed by atoms with Crippen molar-refractivity contribution in [1.82, 2.24) is 97.2 Å². The van der Waals surface area contributed by atoms with Crippen LogP contribution >= 0.6 is 11.8 Å². The molecule has 3 aliphatic rings. The molecule has 3 saturated heterocycles. The van der Waals surface area contributed by atoms with Crippen molar-refractivity contribution in [3.05, 3.63) is 120 Å². The summed E-state index contributed by atoms with van der Waals surface area (Å²) in [6.45, 7) is 6.55. The van der Waals surface area contributed by atoms with Gasteiger partial charge in [0.1, 0.15) is 96.9 Å². The second-order valence-electron chi connectivity index (χ2n) is 35.7. The van der Waals surface area contributed by atoms with Crippen LogP contribution in [0.4, 0.5) is 0 Å². The summed E-state index contributed by atoms with van der Waals surface area (Å²) < 4.78 is 1.41. The number of carbonyl (C=O) groups is 19. The van der Waals surface area contributed by atoms with Gasteiger partial charge >= 0.3 is 11.9 Å². The third-order valence-electron chi connectivity index (χ3n) is 24.9. The molecule has 45 nitrogen and oxygen atoms in total. The van der Waals surface area contributed by atoms with Crippen molar-refractivity contribution in [2.75, 3.05) is 58.9 Å². The van der Waals surface area contributed by atoms with Gasteiger partial charge in [-0.25, -0.2) is 4.98 Å². The molecule has 0 bridgehead atoms. The lowest BCUT2D eigenvalue weighted by Gasteiger charge is -2.37. The minimum atomic E-state index is -2.01. The van der Waals surface area contributed by atoms with E-state index in [1.807, 2.05) is 13.8 Å². The molecule has 0 radical (unpaired) electrons. The highest BCUT2D eigenvalue weighted by Crippen LogP contribution is 2.33. The number of aliphatic carboxylic acids is 2. The maximum Gasteiger partial charge on any atom is 0.323 e. The van der Waals surface area contributed by atoms with Gasteiger partial charge in [0.2, 0.25) is 100 Å². The van der Waals surface area contributed by atoms with E-state index in [4.69, 9.17) is 11.5 Å². The number of fused-ring (bicyclic) bond motifs is 4. The van der Waals surface area contributed by atoms with Crippen LogP contribution in [0.5, 0.6) is 5.75 Å². The van der Waals surface area contributed by atoms with E-state index < -0.39 is 285 Å². The number of aromatic nitrogens is 4. The van der Waals surface area contributed by atoms with Crippen LogP contribution < -0.4 is 64.6 Å². The van der Waals surface area contributed by atoms with Gasteiger partial charge in [-0.3, -0.25) is 91.1 Å². The van der Waals surface area contributed by atoms with E-state index in [0.717, 1.165) is 36.3 Å². The number of nitrogens with one attached hydrogen (secondary N) is 12. The zero-order valence-electron chi connectivity index (χ0n) is 79.0. The Morgan fingerprint density at radius 3 is 1.81 bits per heavy atom. The van der Waals surface area contributed by atoms with Gasteiger partial charge in [0.25, 0.3) is 0 Å². The number of thioether (sulfide) groups is 1. The number of aliphatic hydroxyl groups is 2. The summed E-state index contributed by atoms with van der Waals surface area (Å²) in [6, 6.07) is -4.43. The summed E-state index contributed by atoms with van der Waals surface area (Å²) in [7, 11) is 3.80. The lowest BCUT2D eigenvalue weighted by atomic mass is 9.91. The number of unbranched alkanes of at least 4 members (excludes halogenated alkanes) is 2. The predicted octanol–water partition coefficient (Wildman–Crippen LogP) is -2.21. The van der Waals surface area contributed by atoms with E-state index in [2.05, 4.69) is 68.1 Å². The minimum absolute atomic E-state index is 0.0320. The Bertz CT molecular complexity index is 5440. The number of rotatable bonds is 27. The summed E-state index contributed by atoms with van der Waals surface area (Å²) in [5.74, 6) is -22.8. The highest BCUT2D eigenvalue weighted by molar-refractivity contribution is 8.00. The average molecular weight is 1960 g/mol. The molecule has 6 aromatic rings. The number of amides is 17. The molecular weight excluding hydrogens is 1830 g/mol. The standard InChI is InChI=1S/C93H127N21O24S/c1-10-12-22-70-86(131)102-62(33-49(3)4)82(127)107-68(81(126)98-41-75(95)119)46-139-47-76(120)100-65(34-52-26-28-55(116)29-27-52)89(134)109(7)51(6)80(125)105-66(38-77(121)122)91(136)113-32-18-25-71(113)87(132)104-64(36-54-40-96-48-99-54)84(129)101-61(30-31-74(94)118)90(135)114-42-56(117)37-73(114)88(133)103-63(35-53-39-97-60-21-16-14-19-57(53)60)83(128)106-67(45-115)85(130)108-79(93(138)111(9)72(23-13-11-2)92(137)110(70)8)50(5)59-43-112(44-78(123)124)69-24-17-15-20-58(59)69/h14-17,19-21,24,26-29,39-40,43,48-51,56,61-68,70-73,79,97,115-117H,10-13,18,22-23,25,30-38,41-42,44-47H2,1-9H3,(H2,94,118)(H2,95,119)(H,96,99)(H,98,126)(H,100,120)(H,101,129)(H,102,131)(H,103,133)(H,104,132)(H,105,125)(H,106,128)(H,107,127)(H,108,130)(H,121,122)(H,123,124)/t50-,51+,56-,61+,62+,63+,64+,65+,66+,67+,68+,70+,71+,72+,73+,79+/m1/s1. The van der Waals surface area contributed by atoms with Gasteiger partial charge in [0.15, 0.2) is 0 Å². The predicted molar refractivity (Wildman–Crippen MR) is 503 cm³/mol. The molecule has 17 amide bonds. The molecule has 3 aromatic heterocycles. The van der Waals surface area contributed by atoms with E-state index in [1.165, 1.54) is 82.5 Å². The molecule has 0 saturated carbocycles. The van der Waals surface area contributed by atoms with Crippen molar-refractivity contribution >= 4 is 146 Å². The topological polar surface area (TPSA) is 663 Å². The number of carbonyl (C=O) groups excluding carboxylic acids is 17. The van der Waals surface area contributed by atoms with Gasteiger partial charge in [0, 0.05) is 118 Å². The Morgan fingerprint density at radius 1 is 0.583 bits per heavy atom. The van der Waals surface area contributed by atoms with Gasteiger partial charge in [-0.15, -0.1) is 11.8 Å². The molecule has 9 rings (SSSR count). The number of primary amides is 2. The Kier molecular flexibility index (Phi) is 39.7. The number of hydrogen-bond donors (Lipinski definition) is 19. The number of hydrogen-bond acceptors (Lipinski definition) is 24.